The van der Waals surface area contributed by atoms with Crippen LogP contribution in [0.3, 0.4) is 0 Å². The molecule has 23 heavy (non-hydrogen) atoms. The molecule has 0 N–H and O–H groups in total. The van der Waals surface area contributed by atoms with Gasteiger partial charge in [0.05, 0.1) is 11.8 Å². The van der Waals surface area contributed by atoms with Gasteiger partial charge in [0.25, 0.3) is 5.91 Å². The first kappa shape index (κ1) is 14.5. The predicted molar refractivity (Wildman–Crippen MR) is 89.5 cm³/mol. The number of amides is 1. The molecule has 0 bridgehead atoms. The van der Waals surface area contributed by atoms with Crippen molar-refractivity contribution in [1.29, 1.82) is 0 Å². The van der Waals surface area contributed by atoms with Gasteiger partial charge >= 0.3 is 0 Å². The van der Waals surface area contributed by atoms with Crippen molar-refractivity contribution in [2.45, 2.75) is 25.8 Å². The monoisotopic (exact) mass is 310 g/mol. The highest BCUT2D eigenvalue weighted by Gasteiger charge is 2.28. The van der Waals surface area contributed by atoms with Gasteiger partial charge in [-0.1, -0.05) is 12.1 Å². The van der Waals surface area contributed by atoms with E-state index in [1.165, 1.54) is 37.1 Å². The fraction of sp³-hybridized carbons (Fsp3) is 0.444. The third-order valence-electron chi connectivity index (χ3n) is 4.91. The molecular weight excluding hydrogens is 288 g/mol. The minimum absolute atomic E-state index is 0.0511. The summed E-state index contributed by atoms with van der Waals surface area (Å²) in [4.78, 5) is 17.2. The van der Waals surface area contributed by atoms with Crippen LogP contribution in [-0.4, -0.2) is 40.2 Å². The van der Waals surface area contributed by atoms with Crippen molar-refractivity contribution < 1.29 is 4.79 Å². The second-order valence-corrected chi connectivity index (χ2v) is 6.51. The molecule has 5 heteroatoms. The summed E-state index contributed by atoms with van der Waals surface area (Å²) in [6.45, 7) is 4.17. The van der Waals surface area contributed by atoms with Crippen LogP contribution in [0, 0.1) is 0 Å². The minimum atomic E-state index is 0.0511. The van der Waals surface area contributed by atoms with E-state index in [-0.39, 0.29) is 5.91 Å². The second-order valence-electron chi connectivity index (χ2n) is 6.51. The number of likely N-dealkylation sites (tertiary alicyclic amines) is 1. The molecule has 1 aromatic carbocycles. The Morgan fingerprint density at radius 3 is 2.78 bits per heavy atom. The Hall–Kier alpha value is -2.14. The van der Waals surface area contributed by atoms with Gasteiger partial charge in [-0.15, -0.1) is 0 Å². The van der Waals surface area contributed by atoms with Crippen LogP contribution in [0.2, 0.25) is 0 Å². The number of hydrogen-bond donors (Lipinski definition) is 0. The molecule has 0 radical (unpaired) electrons. The lowest BCUT2D eigenvalue weighted by Crippen LogP contribution is -2.28. The smallest absolute Gasteiger partial charge is 0.261 e. The van der Waals surface area contributed by atoms with Gasteiger partial charge in [-0.2, -0.15) is 5.10 Å². The fourth-order valence-electron chi connectivity index (χ4n) is 3.73. The number of carbonyl (C=O) groups excluding carboxylic acids is 1. The van der Waals surface area contributed by atoms with E-state index in [9.17, 15) is 4.79 Å². The summed E-state index contributed by atoms with van der Waals surface area (Å²) in [5, 5.41) is 4.11. The minimum Gasteiger partial charge on any atom is -0.308 e. The number of hydrogen-bond acceptors (Lipinski definition) is 3. The summed E-state index contributed by atoms with van der Waals surface area (Å²) < 4.78 is 1.67. The van der Waals surface area contributed by atoms with Gasteiger partial charge in [0.2, 0.25) is 0 Å². The van der Waals surface area contributed by atoms with Crippen LogP contribution in [-0.2, 0) is 20.0 Å². The van der Waals surface area contributed by atoms with Crippen molar-refractivity contribution in [2.75, 3.05) is 24.5 Å². The molecule has 0 saturated carbocycles. The van der Waals surface area contributed by atoms with E-state index in [0.29, 0.717) is 5.56 Å². The zero-order chi connectivity index (χ0) is 15.8. The number of nitrogens with zero attached hydrogens (tertiary/aromatic N) is 4. The number of aromatic nitrogens is 2. The van der Waals surface area contributed by atoms with Gasteiger partial charge in [-0.05, 0) is 49.5 Å². The van der Waals surface area contributed by atoms with Crippen LogP contribution in [0.1, 0.15) is 34.3 Å². The zero-order valence-corrected chi connectivity index (χ0v) is 13.5. The third kappa shape index (κ3) is 2.65. The number of benzene rings is 1. The predicted octanol–water partition coefficient (Wildman–Crippen LogP) is 2.22. The van der Waals surface area contributed by atoms with Crippen molar-refractivity contribution >= 4 is 11.6 Å². The first-order chi connectivity index (χ1) is 11.2. The number of fused-ring (bicyclic) bond motifs is 1. The van der Waals surface area contributed by atoms with Gasteiger partial charge in [0.1, 0.15) is 0 Å². The Morgan fingerprint density at radius 1 is 1.22 bits per heavy atom. The maximum Gasteiger partial charge on any atom is 0.261 e. The molecule has 0 atom stereocenters. The highest BCUT2D eigenvalue weighted by atomic mass is 16.2. The molecule has 0 aliphatic carbocycles. The average Bonchev–Trinajstić information content (AvgIpc) is 3.27. The van der Waals surface area contributed by atoms with Gasteiger partial charge in [-0.3, -0.25) is 14.4 Å². The number of carbonyl (C=O) groups is 1. The van der Waals surface area contributed by atoms with E-state index in [4.69, 9.17) is 0 Å². The van der Waals surface area contributed by atoms with E-state index < -0.39 is 0 Å². The average molecular weight is 310 g/mol. The lowest BCUT2D eigenvalue weighted by molar-refractivity contribution is 0.0989. The Morgan fingerprint density at radius 2 is 2.04 bits per heavy atom. The molecule has 1 fully saturated rings. The molecule has 120 valence electrons. The summed E-state index contributed by atoms with van der Waals surface area (Å²) in [7, 11) is 1.84. The molecular formula is C18H22N4O. The van der Waals surface area contributed by atoms with E-state index in [1.807, 2.05) is 11.9 Å². The van der Waals surface area contributed by atoms with E-state index in [1.54, 1.807) is 17.1 Å². The first-order valence-electron chi connectivity index (χ1n) is 8.36. The summed E-state index contributed by atoms with van der Waals surface area (Å²) in [5.74, 6) is 0.0511. The summed E-state index contributed by atoms with van der Waals surface area (Å²) in [5.41, 5.74) is 4.46. The van der Waals surface area contributed by atoms with Crippen molar-refractivity contribution in [3.8, 4) is 0 Å². The van der Waals surface area contributed by atoms with Crippen molar-refractivity contribution in [1.82, 2.24) is 14.7 Å². The van der Waals surface area contributed by atoms with E-state index in [2.05, 4.69) is 28.2 Å². The van der Waals surface area contributed by atoms with Gasteiger partial charge < -0.3 is 4.90 Å². The van der Waals surface area contributed by atoms with Crippen molar-refractivity contribution in [2.24, 2.45) is 7.05 Å². The Balaban J connectivity index is 1.60. The van der Waals surface area contributed by atoms with Crippen LogP contribution in [0.15, 0.2) is 30.6 Å². The van der Waals surface area contributed by atoms with Gasteiger partial charge in [0, 0.05) is 32.0 Å². The molecule has 1 aromatic heterocycles. The topological polar surface area (TPSA) is 41.4 Å². The van der Waals surface area contributed by atoms with E-state index >= 15 is 0 Å². The van der Waals surface area contributed by atoms with Crippen LogP contribution >= 0.6 is 0 Å². The van der Waals surface area contributed by atoms with Gasteiger partial charge in [0.15, 0.2) is 0 Å². The standard InChI is InChI=1S/C18H22N4O/c1-20-12-15(11-19-20)18(23)22-10-7-16-14(5-4-6-17(16)22)13-21-8-2-3-9-21/h4-6,11-12H,2-3,7-10,13H2,1H3. The maximum absolute atomic E-state index is 12.7. The third-order valence-corrected chi connectivity index (χ3v) is 4.91. The summed E-state index contributed by atoms with van der Waals surface area (Å²) >= 11 is 0. The molecule has 1 amide bonds. The molecule has 2 aromatic rings. The summed E-state index contributed by atoms with van der Waals surface area (Å²) in [6, 6.07) is 6.37. The number of anilines is 1. The van der Waals surface area contributed by atoms with Crippen LogP contribution < -0.4 is 4.90 Å². The zero-order valence-electron chi connectivity index (χ0n) is 13.5. The normalized spacial score (nSPS) is 17.7. The fourth-order valence-corrected chi connectivity index (χ4v) is 3.73. The lowest BCUT2D eigenvalue weighted by atomic mass is 10.0. The lowest BCUT2D eigenvalue weighted by Gasteiger charge is -2.19. The van der Waals surface area contributed by atoms with Crippen LogP contribution in [0.4, 0.5) is 5.69 Å². The second kappa shape index (κ2) is 5.81. The Kier molecular flexibility index (Phi) is 3.65. The molecule has 5 nitrogen and oxygen atoms in total. The quantitative estimate of drug-likeness (QED) is 0.873. The summed E-state index contributed by atoms with van der Waals surface area (Å²) in [6.07, 6.45) is 7.00. The van der Waals surface area contributed by atoms with Gasteiger partial charge in [-0.25, -0.2) is 0 Å². The first-order valence-corrected chi connectivity index (χ1v) is 8.36. The molecule has 4 rings (SSSR count). The van der Waals surface area contributed by atoms with Crippen molar-refractivity contribution in [3.05, 3.63) is 47.3 Å². The van der Waals surface area contributed by atoms with Crippen LogP contribution in [0.5, 0.6) is 0 Å². The maximum atomic E-state index is 12.7. The number of aryl methyl sites for hydroxylation is 1. The molecule has 2 aliphatic rings. The van der Waals surface area contributed by atoms with Crippen LogP contribution in [0.25, 0.3) is 0 Å². The highest BCUT2D eigenvalue weighted by molar-refractivity contribution is 6.07. The molecule has 0 spiro atoms. The molecule has 1 saturated heterocycles. The largest absolute Gasteiger partial charge is 0.308 e. The highest BCUT2D eigenvalue weighted by Crippen LogP contribution is 2.32. The molecule has 3 heterocycles. The van der Waals surface area contributed by atoms with Crippen molar-refractivity contribution in [3.63, 3.8) is 0 Å². The Bertz CT molecular complexity index is 730. The number of rotatable bonds is 3. The van der Waals surface area contributed by atoms with E-state index in [0.717, 1.165) is 25.2 Å². The Labute approximate surface area is 136 Å². The SMILES string of the molecule is Cn1cc(C(=O)N2CCc3c(CN4CCCC4)cccc32)cn1. The molecule has 0 unspecified atom stereocenters. The molecule has 2 aliphatic heterocycles.